The molecule has 4 rings (SSSR count). The maximum absolute atomic E-state index is 12.4. The van der Waals surface area contributed by atoms with E-state index in [-0.39, 0.29) is 11.8 Å². The fourth-order valence-electron chi connectivity index (χ4n) is 2.98. The lowest BCUT2D eigenvalue weighted by Gasteiger charge is -2.41. The highest BCUT2D eigenvalue weighted by Gasteiger charge is 2.37. The summed E-state index contributed by atoms with van der Waals surface area (Å²) in [5.41, 5.74) is 2.14. The zero-order chi connectivity index (χ0) is 15.6. The molecule has 6 heteroatoms. The van der Waals surface area contributed by atoms with Crippen LogP contribution in [0, 0.1) is 5.92 Å². The normalized spacial score (nSPS) is 18.8. The third-order valence-electron chi connectivity index (χ3n) is 4.39. The van der Waals surface area contributed by atoms with Crippen molar-refractivity contribution in [2.24, 2.45) is 5.92 Å². The van der Waals surface area contributed by atoms with Gasteiger partial charge in [0.15, 0.2) is 5.13 Å². The number of ether oxygens (including phenoxy) is 1. The Bertz CT molecular complexity index is 676. The van der Waals surface area contributed by atoms with Gasteiger partial charge in [-0.3, -0.25) is 4.79 Å². The predicted octanol–water partition coefficient (Wildman–Crippen LogP) is 2.11. The highest BCUT2D eigenvalue weighted by atomic mass is 32.1. The molecule has 0 unspecified atom stereocenters. The largest absolute Gasteiger partial charge is 0.378 e. The number of carbonyl (C=O) groups excluding carboxylic acids is 1. The molecule has 0 spiro atoms. The monoisotopic (exact) mass is 329 g/mol. The van der Waals surface area contributed by atoms with Gasteiger partial charge in [-0.2, -0.15) is 0 Å². The topological polar surface area (TPSA) is 45.7 Å². The molecule has 1 aromatic carbocycles. The van der Waals surface area contributed by atoms with Gasteiger partial charge < -0.3 is 14.5 Å². The summed E-state index contributed by atoms with van der Waals surface area (Å²) in [6, 6.07) is 10.2. The number of benzene rings is 1. The summed E-state index contributed by atoms with van der Waals surface area (Å²) < 4.78 is 5.30. The van der Waals surface area contributed by atoms with Crippen LogP contribution in [0.25, 0.3) is 11.3 Å². The number of thiazole rings is 1. The molecule has 0 saturated carbocycles. The summed E-state index contributed by atoms with van der Waals surface area (Å²) in [6.07, 6.45) is 0. The third-order valence-corrected chi connectivity index (χ3v) is 5.29. The third kappa shape index (κ3) is 2.96. The minimum Gasteiger partial charge on any atom is -0.378 e. The average molecular weight is 329 g/mol. The Morgan fingerprint density at radius 2 is 1.91 bits per heavy atom. The number of amides is 1. The van der Waals surface area contributed by atoms with Gasteiger partial charge in [0.2, 0.25) is 5.91 Å². The van der Waals surface area contributed by atoms with Crippen LogP contribution in [0.5, 0.6) is 0 Å². The van der Waals surface area contributed by atoms with Crippen molar-refractivity contribution < 1.29 is 9.53 Å². The van der Waals surface area contributed by atoms with Gasteiger partial charge in [-0.25, -0.2) is 4.98 Å². The number of carbonyl (C=O) groups is 1. The Morgan fingerprint density at radius 1 is 1.17 bits per heavy atom. The van der Waals surface area contributed by atoms with Gasteiger partial charge in [-0.05, 0) is 0 Å². The molecular formula is C17H19N3O2S. The van der Waals surface area contributed by atoms with Crippen molar-refractivity contribution in [3.8, 4) is 11.3 Å². The van der Waals surface area contributed by atoms with E-state index < -0.39 is 0 Å². The number of morpholine rings is 1. The van der Waals surface area contributed by atoms with Crippen molar-refractivity contribution in [3.63, 3.8) is 0 Å². The average Bonchev–Trinajstić information content (AvgIpc) is 3.05. The lowest BCUT2D eigenvalue weighted by molar-refractivity contribution is -0.140. The van der Waals surface area contributed by atoms with Crippen LogP contribution in [0.4, 0.5) is 5.13 Å². The number of hydrogen-bond acceptors (Lipinski definition) is 5. The highest BCUT2D eigenvalue weighted by molar-refractivity contribution is 7.14. The van der Waals surface area contributed by atoms with Crippen LogP contribution >= 0.6 is 11.3 Å². The summed E-state index contributed by atoms with van der Waals surface area (Å²) in [4.78, 5) is 21.2. The van der Waals surface area contributed by atoms with Crippen molar-refractivity contribution in [1.82, 2.24) is 9.88 Å². The fourth-order valence-corrected chi connectivity index (χ4v) is 3.84. The van der Waals surface area contributed by atoms with Gasteiger partial charge in [-0.1, -0.05) is 30.3 Å². The maximum atomic E-state index is 12.4. The van der Waals surface area contributed by atoms with Crippen LogP contribution in [0.2, 0.25) is 0 Å². The predicted molar refractivity (Wildman–Crippen MR) is 90.7 cm³/mol. The number of anilines is 1. The van der Waals surface area contributed by atoms with Crippen LogP contribution in [0.3, 0.4) is 0 Å². The maximum Gasteiger partial charge on any atom is 0.229 e. The molecule has 0 radical (unpaired) electrons. The van der Waals surface area contributed by atoms with Gasteiger partial charge >= 0.3 is 0 Å². The van der Waals surface area contributed by atoms with Crippen LogP contribution in [-0.2, 0) is 9.53 Å². The quantitative estimate of drug-likeness (QED) is 0.865. The molecule has 1 aromatic heterocycles. The Hall–Kier alpha value is -1.92. The zero-order valence-corrected chi connectivity index (χ0v) is 13.7. The van der Waals surface area contributed by atoms with Crippen LogP contribution in [0.15, 0.2) is 35.7 Å². The van der Waals surface area contributed by atoms with E-state index in [1.165, 1.54) is 0 Å². The Kier molecular flexibility index (Phi) is 4.01. The van der Waals surface area contributed by atoms with E-state index in [1.807, 2.05) is 23.1 Å². The lowest BCUT2D eigenvalue weighted by Crippen LogP contribution is -2.56. The van der Waals surface area contributed by atoms with Gasteiger partial charge in [0, 0.05) is 37.1 Å². The minimum absolute atomic E-state index is 0.108. The van der Waals surface area contributed by atoms with E-state index in [0.717, 1.165) is 42.6 Å². The van der Waals surface area contributed by atoms with E-state index in [4.69, 9.17) is 9.72 Å². The summed E-state index contributed by atoms with van der Waals surface area (Å²) in [7, 11) is 0. The molecule has 0 aliphatic carbocycles. The second-order valence-corrected chi connectivity index (χ2v) is 6.76. The summed E-state index contributed by atoms with van der Waals surface area (Å²) in [5.74, 6) is 0.376. The van der Waals surface area contributed by atoms with E-state index in [2.05, 4.69) is 22.4 Å². The molecule has 2 saturated heterocycles. The van der Waals surface area contributed by atoms with Crippen molar-refractivity contribution >= 4 is 22.4 Å². The van der Waals surface area contributed by atoms with E-state index >= 15 is 0 Å². The van der Waals surface area contributed by atoms with E-state index in [0.29, 0.717) is 13.2 Å². The molecule has 2 aliphatic rings. The first-order valence-corrected chi connectivity index (χ1v) is 8.81. The molecule has 2 aromatic rings. The van der Waals surface area contributed by atoms with Gasteiger partial charge in [0.1, 0.15) is 0 Å². The second-order valence-electron chi connectivity index (χ2n) is 5.92. The van der Waals surface area contributed by atoms with Crippen molar-refractivity contribution in [3.05, 3.63) is 35.7 Å². The number of rotatable bonds is 3. The molecule has 0 atom stereocenters. The summed E-state index contributed by atoms with van der Waals surface area (Å²) >= 11 is 1.65. The van der Waals surface area contributed by atoms with E-state index in [9.17, 15) is 4.79 Å². The Balaban J connectivity index is 1.37. The molecule has 0 bridgehead atoms. The molecule has 2 aliphatic heterocycles. The molecule has 1 amide bonds. The minimum atomic E-state index is 0.108. The zero-order valence-electron chi connectivity index (χ0n) is 12.9. The SMILES string of the molecule is O=C(C1CN(c2nc(-c3ccccc3)cs2)C1)N1CCOCC1. The Morgan fingerprint density at radius 3 is 2.65 bits per heavy atom. The van der Waals surface area contributed by atoms with Crippen LogP contribution in [-0.4, -0.2) is 55.2 Å². The molecule has 120 valence electrons. The smallest absolute Gasteiger partial charge is 0.229 e. The number of hydrogen-bond donors (Lipinski definition) is 0. The molecule has 0 N–H and O–H groups in total. The van der Waals surface area contributed by atoms with Crippen molar-refractivity contribution in [1.29, 1.82) is 0 Å². The van der Waals surface area contributed by atoms with Gasteiger partial charge in [0.25, 0.3) is 0 Å². The van der Waals surface area contributed by atoms with Gasteiger partial charge in [0.05, 0.1) is 24.8 Å². The fraction of sp³-hybridized carbons (Fsp3) is 0.412. The number of nitrogens with zero attached hydrogens (tertiary/aromatic N) is 3. The first kappa shape index (κ1) is 14.7. The summed E-state index contributed by atoms with van der Waals surface area (Å²) in [6.45, 7) is 4.33. The van der Waals surface area contributed by atoms with Crippen molar-refractivity contribution in [2.75, 3.05) is 44.3 Å². The van der Waals surface area contributed by atoms with Crippen LogP contribution < -0.4 is 4.90 Å². The Labute approximate surface area is 139 Å². The lowest BCUT2D eigenvalue weighted by atomic mass is 9.99. The molecule has 23 heavy (non-hydrogen) atoms. The van der Waals surface area contributed by atoms with Gasteiger partial charge in [-0.15, -0.1) is 11.3 Å². The first-order chi connectivity index (χ1) is 11.3. The molecule has 2 fully saturated rings. The molecule has 3 heterocycles. The van der Waals surface area contributed by atoms with Crippen molar-refractivity contribution in [2.45, 2.75) is 0 Å². The number of aromatic nitrogens is 1. The highest BCUT2D eigenvalue weighted by Crippen LogP contribution is 2.32. The second kappa shape index (κ2) is 6.29. The van der Waals surface area contributed by atoms with E-state index in [1.54, 1.807) is 11.3 Å². The summed E-state index contributed by atoms with van der Waals surface area (Å²) in [5, 5.41) is 3.09. The first-order valence-electron chi connectivity index (χ1n) is 7.94. The molecule has 5 nitrogen and oxygen atoms in total. The molecular weight excluding hydrogens is 310 g/mol. The standard InChI is InChI=1S/C17H19N3O2S/c21-16(19-6-8-22-9-7-19)14-10-20(11-14)17-18-15(12-23-17)13-4-2-1-3-5-13/h1-5,12,14H,6-11H2. The van der Waals surface area contributed by atoms with Crippen LogP contribution in [0.1, 0.15) is 0 Å².